The van der Waals surface area contributed by atoms with Gasteiger partial charge in [0.25, 0.3) is 0 Å². The average Bonchev–Trinajstić information content (AvgIpc) is 2.57. The van der Waals surface area contributed by atoms with Crippen LogP contribution in [0.2, 0.25) is 0 Å². The van der Waals surface area contributed by atoms with Crippen molar-refractivity contribution in [2.75, 3.05) is 5.32 Å². The number of fused-ring (bicyclic) bond motifs is 1. The van der Waals surface area contributed by atoms with Crippen LogP contribution in [-0.2, 0) is 16.0 Å². The highest BCUT2D eigenvalue weighted by molar-refractivity contribution is 5.83. The maximum Gasteiger partial charge on any atom is 0.329 e. The summed E-state index contributed by atoms with van der Waals surface area (Å²) >= 11 is 0. The third-order valence-corrected chi connectivity index (χ3v) is 2.53. The van der Waals surface area contributed by atoms with E-state index in [9.17, 15) is 9.90 Å². The van der Waals surface area contributed by atoms with Gasteiger partial charge < -0.3 is 15.2 Å². The number of hydrogen-bond acceptors (Lipinski definition) is 4. The fraction of sp³-hybridized carbons (Fsp3) is 0.462. The van der Waals surface area contributed by atoms with E-state index in [1.807, 2.05) is 20.8 Å². The Labute approximate surface area is 101 Å². The van der Waals surface area contributed by atoms with Crippen LogP contribution in [0.5, 0.6) is 5.75 Å². The van der Waals surface area contributed by atoms with E-state index in [0.29, 0.717) is 6.42 Å². The number of phenolic OH excluding ortho intramolecular Hbond substituents is 1. The van der Waals surface area contributed by atoms with E-state index >= 15 is 0 Å². The van der Waals surface area contributed by atoms with Crippen LogP contribution >= 0.6 is 0 Å². The number of hydrogen-bond donors (Lipinski definition) is 2. The van der Waals surface area contributed by atoms with Gasteiger partial charge in [0.15, 0.2) is 0 Å². The third kappa shape index (κ3) is 2.70. The number of benzene rings is 1. The van der Waals surface area contributed by atoms with Crippen LogP contribution in [-0.4, -0.2) is 22.7 Å². The minimum Gasteiger partial charge on any atom is -0.508 e. The summed E-state index contributed by atoms with van der Waals surface area (Å²) in [6.45, 7) is 5.54. The molecule has 0 spiro atoms. The summed E-state index contributed by atoms with van der Waals surface area (Å²) in [5.41, 5.74) is 1.36. The number of carbonyl (C=O) groups excluding carboxylic acids is 1. The van der Waals surface area contributed by atoms with Crippen LogP contribution in [0.15, 0.2) is 18.2 Å². The van der Waals surface area contributed by atoms with E-state index in [-0.39, 0.29) is 17.8 Å². The molecule has 0 fully saturated rings. The summed E-state index contributed by atoms with van der Waals surface area (Å²) in [5, 5.41) is 12.5. The van der Waals surface area contributed by atoms with Gasteiger partial charge >= 0.3 is 5.97 Å². The molecule has 1 aromatic rings. The Balaban J connectivity index is 2.07. The predicted octanol–water partition coefficient (Wildman–Crippen LogP) is 2.07. The average molecular weight is 235 g/mol. The van der Waals surface area contributed by atoms with Crippen LogP contribution in [0.3, 0.4) is 0 Å². The minimum atomic E-state index is -0.477. The molecule has 4 heteroatoms. The van der Waals surface area contributed by atoms with E-state index in [0.717, 1.165) is 11.3 Å². The summed E-state index contributed by atoms with van der Waals surface area (Å²) in [5.74, 6) is -0.0384. The first kappa shape index (κ1) is 11.8. The second-order valence-corrected chi connectivity index (χ2v) is 5.28. The monoisotopic (exact) mass is 235 g/mol. The lowest BCUT2D eigenvalue weighted by molar-refractivity contribution is -0.155. The maximum absolute atomic E-state index is 11.9. The highest BCUT2D eigenvalue weighted by Crippen LogP contribution is 2.29. The molecule has 1 atom stereocenters. The van der Waals surface area contributed by atoms with Gasteiger partial charge in [-0.1, -0.05) is 0 Å². The van der Waals surface area contributed by atoms with E-state index in [4.69, 9.17) is 4.74 Å². The van der Waals surface area contributed by atoms with Gasteiger partial charge in [-0.15, -0.1) is 0 Å². The number of phenols is 1. The summed E-state index contributed by atoms with van der Waals surface area (Å²) in [4.78, 5) is 11.9. The van der Waals surface area contributed by atoms with Crippen LogP contribution in [0.4, 0.5) is 5.69 Å². The molecule has 1 unspecified atom stereocenters. The van der Waals surface area contributed by atoms with Gasteiger partial charge in [-0.25, -0.2) is 4.79 Å². The lowest BCUT2D eigenvalue weighted by Crippen LogP contribution is -2.35. The van der Waals surface area contributed by atoms with Crippen molar-refractivity contribution in [3.63, 3.8) is 0 Å². The minimum absolute atomic E-state index is 0.218. The normalized spacial score (nSPS) is 18.4. The molecule has 0 aliphatic carbocycles. The molecule has 2 rings (SSSR count). The van der Waals surface area contributed by atoms with E-state index < -0.39 is 5.60 Å². The second-order valence-electron chi connectivity index (χ2n) is 5.28. The lowest BCUT2D eigenvalue weighted by atomic mass is 10.1. The number of carbonyl (C=O) groups is 1. The van der Waals surface area contributed by atoms with Gasteiger partial charge in [0.2, 0.25) is 0 Å². The van der Waals surface area contributed by atoms with Gasteiger partial charge in [-0.05, 0) is 44.5 Å². The topological polar surface area (TPSA) is 58.6 Å². The van der Waals surface area contributed by atoms with Gasteiger partial charge in [0.1, 0.15) is 17.4 Å². The Morgan fingerprint density at radius 3 is 2.82 bits per heavy atom. The lowest BCUT2D eigenvalue weighted by Gasteiger charge is -2.22. The Bertz CT molecular complexity index is 448. The Morgan fingerprint density at radius 1 is 1.47 bits per heavy atom. The molecule has 0 saturated heterocycles. The summed E-state index contributed by atoms with van der Waals surface area (Å²) in [6, 6.07) is 4.69. The molecule has 2 N–H and O–H groups in total. The van der Waals surface area contributed by atoms with Gasteiger partial charge in [0.05, 0.1) is 0 Å². The fourth-order valence-electron chi connectivity index (χ4n) is 1.86. The second kappa shape index (κ2) is 3.95. The molecule has 1 aliphatic heterocycles. The molecular weight excluding hydrogens is 218 g/mol. The van der Waals surface area contributed by atoms with Crippen LogP contribution < -0.4 is 5.32 Å². The molecule has 0 bridgehead atoms. The molecule has 1 aliphatic rings. The first-order valence-electron chi connectivity index (χ1n) is 5.66. The van der Waals surface area contributed by atoms with Crippen LogP contribution in [0.25, 0.3) is 0 Å². The standard InChI is InChI=1S/C13H17NO3/c1-13(2,3)17-12(16)11-7-8-6-9(15)4-5-10(8)14-11/h4-6,11,14-15H,7H2,1-3H3. The zero-order valence-electron chi connectivity index (χ0n) is 10.3. The number of nitrogens with one attached hydrogen (secondary N) is 1. The molecule has 0 aromatic heterocycles. The summed E-state index contributed by atoms with van der Waals surface area (Å²) in [6.07, 6.45) is 0.554. The number of esters is 1. The summed E-state index contributed by atoms with van der Waals surface area (Å²) < 4.78 is 5.32. The van der Waals surface area contributed by atoms with Crippen molar-refractivity contribution in [3.8, 4) is 5.75 Å². The van der Waals surface area contributed by atoms with Gasteiger partial charge in [-0.2, -0.15) is 0 Å². The molecular formula is C13H17NO3. The first-order chi connectivity index (χ1) is 7.85. The number of ether oxygens (including phenoxy) is 1. The Kier molecular flexibility index (Phi) is 2.73. The molecule has 1 heterocycles. The number of aromatic hydroxyl groups is 1. The predicted molar refractivity (Wildman–Crippen MR) is 65.1 cm³/mol. The number of anilines is 1. The van der Waals surface area contributed by atoms with Crippen molar-refractivity contribution in [2.45, 2.75) is 38.8 Å². The van der Waals surface area contributed by atoms with E-state index in [1.165, 1.54) is 0 Å². The van der Waals surface area contributed by atoms with Crippen LogP contribution in [0, 0.1) is 0 Å². The Hall–Kier alpha value is -1.71. The van der Waals surface area contributed by atoms with Crippen molar-refractivity contribution in [1.29, 1.82) is 0 Å². The molecule has 0 saturated carbocycles. The summed E-state index contributed by atoms with van der Waals surface area (Å²) in [7, 11) is 0. The van der Waals surface area contributed by atoms with Gasteiger partial charge in [-0.3, -0.25) is 0 Å². The zero-order chi connectivity index (χ0) is 12.6. The molecule has 1 aromatic carbocycles. The molecule has 0 amide bonds. The molecule has 4 nitrogen and oxygen atoms in total. The third-order valence-electron chi connectivity index (χ3n) is 2.53. The first-order valence-corrected chi connectivity index (χ1v) is 5.66. The maximum atomic E-state index is 11.9. The van der Waals surface area contributed by atoms with E-state index in [2.05, 4.69) is 5.32 Å². The smallest absolute Gasteiger partial charge is 0.329 e. The van der Waals surface area contributed by atoms with Gasteiger partial charge in [0, 0.05) is 12.1 Å². The quantitative estimate of drug-likeness (QED) is 0.578. The highest BCUT2D eigenvalue weighted by atomic mass is 16.6. The van der Waals surface area contributed by atoms with Crippen LogP contribution in [0.1, 0.15) is 26.3 Å². The Morgan fingerprint density at radius 2 is 2.18 bits per heavy atom. The number of rotatable bonds is 1. The molecule has 0 radical (unpaired) electrons. The SMILES string of the molecule is CC(C)(C)OC(=O)C1Cc2cc(O)ccc2N1. The van der Waals surface area contributed by atoms with Crippen molar-refractivity contribution in [2.24, 2.45) is 0 Å². The van der Waals surface area contributed by atoms with Crippen molar-refractivity contribution >= 4 is 11.7 Å². The van der Waals surface area contributed by atoms with Crippen molar-refractivity contribution in [1.82, 2.24) is 0 Å². The van der Waals surface area contributed by atoms with E-state index in [1.54, 1.807) is 18.2 Å². The van der Waals surface area contributed by atoms with Crippen molar-refractivity contribution < 1.29 is 14.6 Å². The van der Waals surface area contributed by atoms with Crippen molar-refractivity contribution in [3.05, 3.63) is 23.8 Å². The molecule has 17 heavy (non-hydrogen) atoms. The molecule has 92 valence electrons. The highest BCUT2D eigenvalue weighted by Gasteiger charge is 2.30. The fourth-order valence-corrected chi connectivity index (χ4v) is 1.86. The largest absolute Gasteiger partial charge is 0.508 e. The zero-order valence-corrected chi connectivity index (χ0v) is 10.3.